The van der Waals surface area contributed by atoms with E-state index in [1.54, 1.807) is 0 Å². The maximum Gasteiger partial charge on any atom is 1.00 e. The summed E-state index contributed by atoms with van der Waals surface area (Å²) in [4.78, 5) is 10.0. The molecule has 0 amide bonds. The molecule has 0 spiro atoms. The van der Waals surface area contributed by atoms with Crippen LogP contribution in [0.4, 0.5) is 8.78 Å². The molecule has 0 unspecified atom stereocenters. The van der Waals surface area contributed by atoms with Gasteiger partial charge in [0.1, 0.15) is 5.97 Å². The van der Waals surface area contributed by atoms with E-state index in [0.29, 0.717) is 0 Å². The van der Waals surface area contributed by atoms with Gasteiger partial charge in [-0.15, -0.1) is 0 Å². The second-order valence-electron chi connectivity index (χ2n) is 2.16. The van der Waals surface area contributed by atoms with Gasteiger partial charge in [0.05, 0.1) is 13.2 Å². The van der Waals surface area contributed by atoms with Gasteiger partial charge in [0.15, 0.2) is 0 Å². The number of rotatable bonds is 6. The maximum atomic E-state index is 12.8. The summed E-state index contributed by atoms with van der Waals surface area (Å²) in [6.45, 7) is 1.88. The molecule has 5 nitrogen and oxygen atoms in total. The molecule has 0 saturated carbocycles. The van der Waals surface area contributed by atoms with Crippen LogP contribution in [0, 0.1) is 0 Å². The van der Waals surface area contributed by atoms with E-state index in [-0.39, 0.29) is 32.1 Å². The SMILES string of the molecule is CCOP(=O)(OCC)C(F)(F)C(=O)[O-].[Li+]. The summed E-state index contributed by atoms with van der Waals surface area (Å²) < 4.78 is 45.2. The van der Waals surface area contributed by atoms with Gasteiger partial charge < -0.3 is 18.9 Å². The molecule has 0 fully saturated rings. The van der Waals surface area contributed by atoms with Crippen LogP contribution in [0.25, 0.3) is 0 Å². The van der Waals surface area contributed by atoms with Crippen molar-refractivity contribution in [3.63, 3.8) is 0 Å². The standard InChI is InChI=1S/C6H11F2O5P.Li/c1-3-12-14(11,13-4-2)6(7,8)5(9)10;/h3-4H2,1-2H3,(H,9,10);/q;+1/p-1. The number of halogens is 2. The van der Waals surface area contributed by atoms with Gasteiger partial charge in [-0.25, -0.2) is 0 Å². The third-order valence-electron chi connectivity index (χ3n) is 1.19. The molecule has 84 valence electrons. The summed E-state index contributed by atoms with van der Waals surface area (Å²) in [5, 5.41) is 10.0. The smallest absolute Gasteiger partial charge is 0.543 e. The Kier molecular flexibility index (Phi) is 7.70. The Hall–Kier alpha value is 0.0774. The fourth-order valence-electron chi connectivity index (χ4n) is 0.651. The van der Waals surface area contributed by atoms with Crippen molar-refractivity contribution in [1.29, 1.82) is 0 Å². The van der Waals surface area contributed by atoms with Gasteiger partial charge in [0.25, 0.3) is 0 Å². The quantitative estimate of drug-likeness (QED) is 0.381. The maximum absolute atomic E-state index is 12.8. The summed E-state index contributed by atoms with van der Waals surface area (Å²) in [7, 11) is -4.97. The zero-order valence-electron chi connectivity index (χ0n) is 8.66. The average molecular weight is 238 g/mol. The summed E-state index contributed by atoms with van der Waals surface area (Å²) in [5.74, 6) is -2.78. The van der Waals surface area contributed by atoms with Gasteiger partial charge >= 0.3 is 32.1 Å². The van der Waals surface area contributed by atoms with Crippen molar-refractivity contribution in [3.05, 3.63) is 0 Å². The summed E-state index contributed by atoms with van der Waals surface area (Å²) in [6.07, 6.45) is 0. The molecular weight excluding hydrogens is 228 g/mol. The number of hydrogen-bond acceptors (Lipinski definition) is 5. The molecule has 0 atom stereocenters. The van der Waals surface area contributed by atoms with Crippen molar-refractivity contribution in [2.75, 3.05) is 13.2 Å². The van der Waals surface area contributed by atoms with E-state index < -0.39 is 19.2 Å². The monoisotopic (exact) mass is 238 g/mol. The molecule has 9 heteroatoms. The Bertz CT molecular complexity index is 250. The minimum Gasteiger partial charge on any atom is -0.543 e. The molecule has 0 saturated heterocycles. The number of carboxylic acids is 1. The van der Waals surface area contributed by atoms with Crippen LogP contribution < -0.4 is 24.0 Å². The Labute approximate surface area is 97.8 Å². The minimum absolute atomic E-state index is 0. The molecule has 0 aromatic carbocycles. The molecule has 0 aliphatic rings. The van der Waals surface area contributed by atoms with E-state index in [4.69, 9.17) is 0 Å². The second-order valence-corrected chi connectivity index (χ2v) is 4.23. The van der Waals surface area contributed by atoms with Gasteiger partial charge in [0, 0.05) is 0 Å². The molecular formula is C6H10F2LiO5P. The van der Waals surface area contributed by atoms with Crippen molar-refractivity contribution < 1.29 is 51.2 Å². The number of carboxylic acid groups (broad SMARTS) is 1. The van der Waals surface area contributed by atoms with E-state index in [9.17, 15) is 23.2 Å². The largest absolute Gasteiger partial charge is 1.00 e. The Morgan fingerprint density at radius 1 is 1.33 bits per heavy atom. The fourth-order valence-corrected chi connectivity index (χ4v) is 1.95. The second kappa shape index (κ2) is 6.61. The van der Waals surface area contributed by atoms with Crippen molar-refractivity contribution in [1.82, 2.24) is 0 Å². The molecule has 0 aromatic heterocycles. The number of carbonyl (C=O) groups is 1. The topological polar surface area (TPSA) is 75.7 Å². The van der Waals surface area contributed by atoms with E-state index in [0.717, 1.165) is 0 Å². The van der Waals surface area contributed by atoms with Gasteiger partial charge in [-0.2, -0.15) is 8.78 Å². The predicted octanol–water partition coefficient (Wildman–Crippen LogP) is -2.40. The minimum atomic E-state index is -4.97. The average Bonchev–Trinajstić information content (AvgIpc) is 2.04. The Balaban J connectivity index is 0. The molecule has 0 aromatic rings. The van der Waals surface area contributed by atoms with Crippen LogP contribution in [0.1, 0.15) is 13.8 Å². The van der Waals surface area contributed by atoms with Crippen LogP contribution in [0.2, 0.25) is 0 Å². The molecule has 15 heavy (non-hydrogen) atoms. The van der Waals surface area contributed by atoms with E-state index >= 15 is 0 Å². The number of alkyl halides is 2. The van der Waals surface area contributed by atoms with Gasteiger partial charge in [-0.05, 0) is 13.8 Å². The third kappa shape index (κ3) is 3.86. The van der Waals surface area contributed by atoms with E-state index in [1.165, 1.54) is 13.8 Å². The van der Waals surface area contributed by atoms with Crippen LogP contribution in [-0.2, 0) is 18.4 Å². The zero-order valence-corrected chi connectivity index (χ0v) is 9.55. The first-order valence-corrected chi connectivity index (χ1v) is 5.34. The Morgan fingerprint density at radius 2 is 1.67 bits per heavy atom. The first-order chi connectivity index (χ1) is 6.31. The van der Waals surface area contributed by atoms with Crippen LogP contribution in [-0.4, -0.2) is 24.8 Å². The summed E-state index contributed by atoms with van der Waals surface area (Å²) >= 11 is 0. The number of hydrogen-bond donors (Lipinski definition) is 0. The first-order valence-electron chi connectivity index (χ1n) is 3.80. The molecule has 0 N–H and O–H groups in total. The molecule has 0 aliphatic carbocycles. The van der Waals surface area contributed by atoms with Crippen LogP contribution >= 0.6 is 7.60 Å². The number of carbonyl (C=O) groups excluding carboxylic acids is 1. The van der Waals surface area contributed by atoms with Crippen LogP contribution in [0.5, 0.6) is 0 Å². The summed E-state index contributed by atoms with van der Waals surface area (Å²) in [5.41, 5.74) is -4.63. The van der Waals surface area contributed by atoms with Crippen molar-refractivity contribution in [2.45, 2.75) is 19.5 Å². The van der Waals surface area contributed by atoms with E-state index in [2.05, 4.69) is 9.05 Å². The number of aliphatic carboxylic acids is 1. The van der Waals surface area contributed by atoms with Crippen molar-refractivity contribution in [2.24, 2.45) is 0 Å². The van der Waals surface area contributed by atoms with Crippen molar-refractivity contribution >= 4 is 13.6 Å². The summed E-state index contributed by atoms with van der Waals surface area (Å²) in [6, 6.07) is 0. The van der Waals surface area contributed by atoms with Crippen LogP contribution in [0.3, 0.4) is 0 Å². The Morgan fingerprint density at radius 3 is 1.87 bits per heavy atom. The van der Waals surface area contributed by atoms with Crippen LogP contribution in [0.15, 0.2) is 0 Å². The van der Waals surface area contributed by atoms with E-state index in [1.807, 2.05) is 0 Å². The predicted molar refractivity (Wildman–Crippen MR) is 40.8 cm³/mol. The zero-order chi connectivity index (χ0) is 11.4. The molecule has 0 heterocycles. The fraction of sp³-hybridized carbons (Fsp3) is 0.833. The van der Waals surface area contributed by atoms with Gasteiger partial charge in [-0.3, -0.25) is 4.57 Å². The molecule has 0 radical (unpaired) electrons. The molecule has 0 rings (SSSR count). The van der Waals surface area contributed by atoms with Gasteiger partial charge in [-0.1, -0.05) is 0 Å². The van der Waals surface area contributed by atoms with Gasteiger partial charge in [0.2, 0.25) is 0 Å². The molecule has 0 aliphatic heterocycles. The molecule has 0 bridgehead atoms. The normalized spacial score (nSPS) is 12.0. The first kappa shape index (κ1) is 17.5. The third-order valence-corrected chi connectivity index (χ3v) is 3.25. The van der Waals surface area contributed by atoms with Crippen molar-refractivity contribution in [3.8, 4) is 0 Å².